The first-order valence-corrected chi connectivity index (χ1v) is 6.89. The quantitative estimate of drug-likeness (QED) is 0.849. The van der Waals surface area contributed by atoms with Gasteiger partial charge in [0, 0.05) is 27.8 Å². The van der Waals surface area contributed by atoms with E-state index in [0.29, 0.717) is 22.2 Å². The minimum atomic E-state index is -0.190. The molecular weight excluding hydrogens is 295 g/mol. The summed E-state index contributed by atoms with van der Waals surface area (Å²) < 4.78 is 0. The van der Waals surface area contributed by atoms with Crippen molar-refractivity contribution in [1.82, 2.24) is 5.32 Å². The fourth-order valence-electron chi connectivity index (χ4n) is 1.79. The predicted molar refractivity (Wildman–Crippen MR) is 83.4 cm³/mol. The zero-order valence-corrected chi connectivity index (χ0v) is 12.2. The zero-order chi connectivity index (χ0) is 14.5. The van der Waals surface area contributed by atoms with Crippen molar-refractivity contribution >= 4 is 34.8 Å². The van der Waals surface area contributed by atoms with Crippen molar-refractivity contribution < 1.29 is 4.79 Å². The Labute approximate surface area is 127 Å². The molecule has 104 valence electrons. The van der Waals surface area contributed by atoms with E-state index in [1.54, 1.807) is 18.2 Å². The minimum Gasteiger partial charge on any atom is -0.399 e. The molecule has 0 aliphatic heterocycles. The van der Waals surface area contributed by atoms with Crippen LogP contribution in [-0.4, -0.2) is 12.5 Å². The molecule has 1 amide bonds. The highest BCUT2D eigenvalue weighted by Crippen LogP contribution is 2.18. The molecular formula is C15H14Cl2N2O. The number of carbonyl (C=O) groups excluding carboxylic acids is 1. The normalized spacial score (nSPS) is 10.3. The molecule has 0 bridgehead atoms. The molecule has 0 aliphatic carbocycles. The third-order valence-corrected chi connectivity index (χ3v) is 3.24. The molecule has 0 atom stereocenters. The molecule has 0 aliphatic rings. The largest absolute Gasteiger partial charge is 0.399 e. The molecule has 3 nitrogen and oxygen atoms in total. The van der Waals surface area contributed by atoms with Gasteiger partial charge in [0.25, 0.3) is 5.91 Å². The number of halogens is 2. The highest BCUT2D eigenvalue weighted by atomic mass is 35.5. The molecule has 0 aromatic heterocycles. The molecule has 2 aromatic carbocycles. The van der Waals surface area contributed by atoms with Crippen LogP contribution < -0.4 is 11.1 Å². The van der Waals surface area contributed by atoms with Crippen LogP contribution in [0, 0.1) is 0 Å². The number of anilines is 1. The maximum Gasteiger partial charge on any atom is 0.251 e. The summed E-state index contributed by atoms with van der Waals surface area (Å²) in [6, 6.07) is 12.3. The van der Waals surface area contributed by atoms with E-state index in [-0.39, 0.29) is 5.91 Å². The summed E-state index contributed by atoms with van der Waals surface area (Å²) >= 11 is 11.7. The molecule has 2 rings (SSSR count). The summed E-state index contributed by atoms with van der Waals surface area (Å²) in [5.41, 5.74) is 7.91. The third-order valence-electron chi connectivity index (χ3n) is 2.80. The van der Waals surface area contributed by atoms with Crippen LogP contribution in [0.2, 0.25) is 10.0 Å². The molecule has 0 saturated heterocycles. The Morgan fingerprint density at radius 3 is 2.25 bits per heavy atom. The number of nitrogens with two attached hydrogens (primary N) is 1. The van der Waals surface area contributed by atoms with Crippen LogP contribution in [0.1, 0.15) is 15.9 Å². The summed E-state index contributed by atoms with van der Waals surface area (Å²) in [5, 5.41) is 3.72. The average Bonchev–Trinajstić information content (AvgIpc) is 2.40. The Kier molecular flexibility index (Phi) is 4.88. The third kappa shape index (κ3) is 4.15. The minimum absolute atomic E-state index is 0.190. The highest BCUT2D eigenvalue weighted by Gasteiger charge is 2.07. The Hall–Kier alpha value is -1.71. The Morgan fingerprint density at radius 1 is 1.05 bits per heavy atom. The second kappa shape index (κ2) is 6.64. The van der Waals surface area contributed by atoms with Crippen LogP contribution in [0.25, 0.3) is 0 Å². The van der Waals surface area contributed by atoms with Gasteiger partial charge >= 0.3 is 0 Å². The van der Waals surface area contributed by atoms with Crippen molar-refractivity contribution in [2.24, 2.45) is 0 Å². The SMILES string of the molecule is Nc1ccc(CCNC(=O)c2cc(Cl)cc(Cl)c2)cc1. The van der Waals surface area contributed by atoms with Gasteiger partial charge in [-0.15, -0.1) is 0 Å². The lowest BCUT2D eigenvalue weighted by Gasteiger charge is -2.06. The van der Waals surface area contributed by atoms with Gasteiger partial charge < -0.3 is 11.1 Å². The van der Waals surface area contributed by atoms with Crippen molar-refractivity contribution in [3.05, 3.63) is 63.6 Å². The molecule has 0 radical (unpaired) electrons. The van der Waals surface area contributed by atoms with Gasteiger partial charge in [-0.1, -0.05) is 35.3 Å². The number of amides is 1. The van der Waals surface area contributed by atoms with Gasteiger partial charge in [0.2, 0.25) is 0 Å². The Balaban J connectivity index is 1.90. The standard InChI is InChI=1S/C15H14Cl2N2O/c16-12-7-11(8-13(17)9-12)15(20)19-6-5-10-1-3-14(18)4-2-10/h1-4,7-9H,5-6,18H2,(H,19,20). The van der Waals surface area contributed by atoms with Crippen LogP contribution in [0.5, 0.6) is 0 Å². The second-order valence-electron chi connectivity index (χ2n) is 4.41. The number of hydrogen-bond acceptors (Lipinski definition) is 2. The van der Waals surface area contributed by atoms with E-state index in [4.69, 9.17) is 28.9 Å². The van der Waals surface area contributed by atoms with Crippen LogP contribution >= 0.6 is 23.2 Å². The van der Waals surface area contributed by atoms with Crippen molar-refractivity contribution in [2.45, 2.75) is 6.42 Å². The molecule has 0 heterocycles. The Morgan fingerprint density at radius 2 is 1.65 bits per heavy atom. The first-order chi connectivity index (χ1) is 9.54. The molecule has 0 saturated carbocycles. The van der Waals surface area contributed by atoms with Gasteiger partial charge in [-0.3, -0.25) is 4.79 Å². The van der Waals surface area contributed by atoms with E-state index in [1.165, 1.54) is 0 Å². The Bertz CT molecular complexity index is 592. The van der Waals surface area contributed by atoms with E-state index in [2.05, 4.69) is 5.32 Å². The van der Waals surface area contributed by atoms with E-state index < -0.39 is 0 Å². The summed E-state index contributed by atoms with van der Waals surface area (Å²) in [5.74, 6) is -0.190. The molecule has 5 heteroatoms. The van der Waals surface area contributed by atoms with Crippen molar-refractivity contribution in [3.63, 3.8) is 0 Å². The van der Waals surface area contributed by atoms with Crippen LogP contribution in [-0.2, 0) is 6.42 Å². The first kappa shape index (κ1) is 14.7. The summed E-state index contributed by atoms with van der Waals surface area (Å²) in [4.78, 5) is 11.9. The number of nitrogen functional groups attached to an aromatic ring is 1. The van der Waals surface area contributed by atoms with Crippen molar-refractivity contribution in [1.29, 1.82) is 0 Å². The summed E-state index contributed by atoms with van der Waals surface area (Å²) in [7, 11) is 0. The topological polar surface area (TPSA) is 55.1 Å². The molecule has 3 N–H and O–H groups in total. The van der Waals surface area contributed by atoms with Crippen molar-refractivity contribution in [2.75, 3.05) is 12.3 Å². The maximum absolute atomic E-state index is 11.9. The molecule has 0 spiro atoms. The zero-order valence-electron chi connectivity index (χ0n) is 10.7. The number of benzene rings is 2. The van der Waals surface area contributed by atoms with Crippen LogP contribution in [0.4, 0.5) is 5.69 Å². The van der Waals surface area contributed by atoms with E-state index in [9.17, 15) is 4.79 Å². The summed E-state index contributed by atoms with van der Waals surface area (Å²) in [6.07, 6.45) is 0.736. The van der Waals surface area contributed by atoms with Crippen molar-refractivity contribution in [3.8, 4) is 0 Å². The van der Waals surface area contributed by atoms with Gasteiger partial charge in [-0.05, 0) is 42.3 Å². The number of hydrogen-bond donors (Lipinski definition) is 2. The lowest BCUT2D eigenvalue weighted by atomic mass is 10.1. The van der Waals surface area contributed by atoms with E-state index in [1.807, 2.05) is 24.3 Å². The van der Waals surface area contributed by atoms with E-state index >= 15 is 0 Å². The second-order valence-corrected chi connectivity index (χ2v) is 5.28. The first-order valence-electron chi connectivity index (χ1n) is 6.13. The van der Waals surface area contributed by atoms with Gasteiger partial charge in [0.15, 0.2) is 0 Å². The van der Waals surface area contributed by atoms with Gasteiger partial charge in [-0.25, -0.2) is 0 Å². The number of nitrogens with one attached hydrogen (secondary N) is 1. The lowest BCUT2D eigenvalue weighted by Crippen LogP contribution is -2.25. The predicted octanol–water partition coefficient (Wildman–Crippen LogP) is 3.55. The highest BCUT2D eigenvalue weighted by molar-refractivity contribution is 6.35. The van der Waals surface area contributed by atoms with Gasteiger partial charge in [0.05, 0.1) is 0 Å². The monoisotopic (exact) mass is 308 g/mol. The van der Waals surface area contributed by atoms with E-state index in [0.717, 1.165) is 17.7 Å². The van der Waals surface area contributed by atoms with Crippen LogP contribution in [0.3, 0.4) is 0 Å². The number of rotatable bonds is 4. The van der Waals surface area contributed by atoms with Gasteiger partial charge in [-0.2, -0.15) is 0 Å². The lowest BCUT2D eigenvalue weighted by molar-refractivity contribution is 0.0954. The van der Waals surface area contributed by atoms with Crippen LogP contribution in [0.15, 0.2) is 42.5 Å². The van der Waals surface area contributed by atoms with Gasteiger partial charge in [0.1, 0.15) is 0 Å². The average molecular weight is 309 g/mol. The molecule has 0 fully saturated rings. The smallest absolute Gasteiger partial charge is 0.251 e. The fourth-order valence-corrected chi connectivity index (χ4v) is 2.32. The fraction of sp³-hybridized carbons (Fsp3) is 0.133. The molecule has 2 aromatic rings. The molecule has 20 heavy (non-hydrogen) atoms. The summed E-state index contributed by atoms with van der Waals surface area (Å²) in [6.45, 7) is 0.535. The number of carbonyl (C=O) groups is 1. The maximum atomic E-state index is 11.9. The molecule has 0 unspecified atom stereocenters.